The molecule has 0 amide bonds. The first-order valence-corrected chi connectivity index (χ1v) is 6.17. The number of nitrogens with one attached hydrogen (secondary N) is 1. The van der Waals surface area contributed by atoms with E-state index in [1.165, 1.54) is 29.7 Å². The van der Waals surface area contributed by atoms with Crippen molar-refractivity contribution in [3.05, 3.63) is 28.8 Å². The average Bonchev–Trinajstić information content (AvgIpc) is 2.75. The van der Waals surface area contributed by atoms with E-state index < -0.39 is 0 Å². The van der Waals surface area contributed by atoms with Gasteiger partial charge in [-0.05, 0) is 68.0 Å². The summed E-state index contributed by atoms with van der Waals surface area (Å²) in [6.45, 7) is 8.93. The van der Waals surface area contributed by atoms with Gasteiger partial charge in [0, 0.05) is 5.69 Å². The molecule has 3 N–H and O–H groups in total. The van der Waals surface area contributed by atoms with Gasteiger partial charge in [0.05, 0.1) is 0 Å². The molecule has 88 valence electrons. The Labute approximate surface area is 98.2 Å². The Bertz CT molecular complexity index is 379. The normalized spacial score (nSPS) is 22.3. The molecular formula is C14H22N2. The molecule has 2 nitrogen and oxygen atoms in total. The van der Waals surface area contributed by atoms with Crippen LogP contribution in [0.2, 0.25) is 0 Å². The van der Waals surface area contributed by atoms with Crippen molar-refractivity contribution in [1.29, 1.82) is 0 Å². The predicted molar refractivity (Wildman–Crippen MR) is 69.7 cm³/mol. The van der Waals surface area contributed by atoms with Crippen LogP contribution in [-0.2, 0) is 0 Å². The van der Waals surface area contributed by atoms with Crippen LogP contribution in [-0.4, -0.2) is 13.1 Å². The molecular weight excluding hydrogens is 196 g/mol. The predicted octanol–water partition coefficient (Wildman–Crippen LogP) is 2.60. The molecule has 1 fully saturated rings. The number of rotatable bonds is 2. The summed E-state index contributed by atoms with van der Waals surface area (Å²) in [6, 6.07) is 4.39. The highest BCUT2D eigenvalue weighted by atomic mass is 14.9. The van der Waals surface area contributed by atoms with Gasteiger partial charge in [0.2, 0.25) is 0 Å². The zero-order chi connectivity index (χ0) is 11.7. The van der Waals surface area contributed by atoms with E-state index >= 15 is 0 Å². The van der Waals surface area contributed by atoms with Crippen LogP contribution in [0.25, 0.3) is 0 Å². The van der Waals surface area contributed by atoms with E-state index in [9.17, 15) is 0 Å². The molecule has 0 spiro atoms. The van der Waals surface area contributed by atoms with Gasteiger partial charge >= 0.3 is 0 Å². The molecule has 1 aliphatic rings. The number of nitrogens with two attached hydrogens (primary N) is 1. The Morgan fingerprint density at radius 1 is 1.31 bits per heavy atom. The number of aryl methyl sites for hydroxylation is 2. The molecule has 2 unspecified atom stereocenters. The van der Waals surface area contributed by atoms with E-state index in [0.717, 1.165) is 18.2 Å². The van der Waals surface area contributed by atoms with Gasteiger partial charge in [-0.2, -0.15) is 0 Å². The minimum absolute atomic E-state index is 0.634. The third-order valence-corrected chi connectivity index (χ3v) is 3.95. The largest absolute Gasteiger partial charge is 0.399 e. The van der Waals surface area contributed by atoms with E-state index in [4.69, 9.17) is 5.73 Å². The van der Waals surface area contributed by atoms with Crippen LogP contribution in [0.4, 0.5) is 5.69 Å². The summed E-state index contributed by atoms with van der Waals surface area (Å²) >= 11 is 0. The van der Waals surface area contributed by atoms with Crippen LogP contribution < -0.4 is 11.1 Å². The summed E-state index contributed by atoms with van der Waals surface area (Å²) in [7, 11) is 0. The number of nitrogen functional groups attached to an aromatic ring is 1. The molecule has 0 aliphatic carbocycles. The fraction of sp³-hybridized carbons (Fsp3) is 0.571. The van der Waals surface area contributed by atoms with Gasteiger partial charge in [0.15, 0.2) is 0 Å². The van der Waals surface area contributed by atoms with Crippen molar-refractivity contribution in [3.8, 4) is 0 Å². The molecule has 0 aromatic heterocycles. The second-order valence-electron chi connectivity index (χ2n) is 5.11. The topological polar surface area (TPSA) is 38.0 Å². The van der Waals surface area contributed by atoms with Gasteiger partial charge in [-0.3, -0.25) is 0 Å². The fourth-order valence-electron chi connectivity index (χ4n) is 2.71. The number of benzene rings is 1. The second kappa shape index (κ2) is 4.46. The highest BCUT2D eigenvalue weighted by Crippen LogP contribution is 2.32. The van der Waals surface area contributed by atoms with Gasteiger partial charge in [0.25, 0.3) is 0 Å². The average molecular weight is 218 g/mol. The maximum atomic E-state index is 5.93. The first-order chi connectivity index (χ1) is 7.59. The van der Waals surface area contributed by atoms with Crippen molar-refractivity contribution in [1.82, 2.24) is 5.32 Å². The molecule has 1 aromatic rings. The highest BCUT2D eigenvalue weighted by molar-refractivity contribution is 5.52. The molecule has 2 heteroatoms. The van der Waals surface area contributed by atoms with Crippen molar-refractivity contribution >= 4 is 5.69 Å². The molecule has 16 heavy (non-hydrogen) atoms. The van der Waals surface area contributed by atoms with Crippen molar-refractivity contribution in [2.24, 2.45) is 5.92 Å². The quantitative estimate of drug-likeness (QED) is 0.749. The van der Waals surface area contributed by atoms with E-state index in [1.54, 1.807) is 0 Å². The zero-order valence-corrected chi connectivity index (χ0v) is 10.5. The van der Waals surface area contributed by atoms with E-state index in [-0.39, 0.29) is 0 Å². The van der Waals surface area contributed by atoms with Crippen LogP contribution >= 0.6 is 0 Å². The van der Waals surface area contributed by atoms with E-state index in [2.05, 4.69) is 38.2 Å². The number of hydrogen-bond donors (Lipinski definition) is 2. The summed E-state index contributed by atoms with van der Waals surface area (Å²) in [6.07, 6.45) is 1.30. The summed E-state index contributed by atoms with van der Waals surface area (Å²) in [5.74, 6) is 1.41. The summed E-state index contributed by atoms with van der Waals surface area (Å²) < 4.78 is 0. The fourth-order valence-corrected chi connectivity index (χ4v) is 2.71. The summed E-state index contributed by atoms with van der Waals surface area (Å²) in [5, 5.41) is 3.44. The minimum Gasteiger partial charge on any atom is -0.399 e. The maximum Gasteiger partial charge on any atom is 0.0346 e. The van der Waals surface area contributed by atoms with Crippen molar-refractivity contribution in [2.75, 3.05) is 18.8 Å². The van der Waals surface area contributed by atoms with Gasteiger partial charge in [-0.25, -0.2) is 0 Å². The maximum absolute atomic E-state index is 5.93. The molecule has 1 heterocycles. The first kappa shape index (κ1) is 11.5. The van der Waals surface area contributed by atoms with Gasteiger partial charge in [-0.15, -0.1) is 0 Å². The third kappa shape index (κ3) is 2.07. The molecule has 0 bridgehead atoms. The lowest BCUT2D eigenvalue weighted by Crippen LogP contribution is -2.15. The van der Waals surface area contributed by atoms with E-state index in [1.807, 2.05) is 0 Å². The highest BCUT2D eigenvalue weighted by Gasteiger charge is 2.23. The molecule has 1 saturated heterocycles. The van der Waals surface area contributed by atoms with Crippen LogP contribution in [0.3, 0.4) is 0 Å². The molecule has 2 atom stereocenters. The monoisotopic (exact) mass is 218 g/mol. The van der Waals surface area contributed by atoms with Crippen LogP contribution in [0.1, 0.15) is 36.0 Å². The lowest BCUT2D eigenvalue weighted by atomic mass is 9.84. The Balaban J connectivity index is 2.28. The Morgan fingerprint density at radius 3 is 2.69 bits per heavy atom. The summed E-state index contributed by atoms with van der Waals surface area (Å²) in [4.78, 5) is 0. The Morgan fingerprint density at radius 2 is 2.06 bits per heavy atom. The molecule has 1 aromatic carbocycles. The van der Waals surface area contributed by atoms with Gasteiger partial charge < -0.3 is 11.1 Å². The Hall–Kier alpha value is -1.02. The van der Waals surface area contributed by atoms with Crippen LogP contribution in [0.15, 0.2) is 12.1 Å². The van der Waals surface area contributed by atoms with Crippen LogP contribution in [0, 0.1) is 19.8 Å². The van der Waals surface area contributed by atoms with Gasteiger partial charge in [0.1, 0.15) is 0 Å². The first-order valence-electron chi connectivity index (χ1n) is 6.17. The van der Waals surface area contributed by atoms with E-state index in [0.29, 0.717) is 5.92 Å². The molecule has 0 saturated carbocycles. The second-order valence-corrected chi connectivity index (χ2v) is 5.11. The summed E-state index contributed by atoms with van der Waals surface area (Å²) in [5.41, 5.74) is 10.9. The number of anilines is 1. The van der Waals surface area contributed by atoms with Crippen molar-refractivity contribution < 1.29 is 0 Å². The van der Waals surface area contributed by atoms with Crippen molar-refractivity contribution in [2.45, 2.75) is 33.1 Å². The third-order valence-electron chi connectivity index (χ3n) is 3.95. The lowest BCUT2D eigenvalue weighted by Gasteiger charge is -2.21. The van der Waals surface area contributed by atoms with Gasteiger partial charge in [-0.1, -0.05) is 13.0 Å². The standard InChI is InChI=1S/C14H22N2/c1-9-7-14(15)10(2)6-13(9)11(3)12-4-5-16-8-12/h6-7,11-12,16H,4-5,8,15H2,1-3H3. The smallest absolute Gasteiger partial charge is 0.0346 e. The van der Waals surface area contributed by atoms with Crippen molar-refractivity contribution in [3.63, 3.8) is 0 Å². The minimum atomic E-state index is 0.634. The Kier molecular flexibility index (Phi) is 3.20. The molecule has 0 radical (unpaired) electrons. The lowest BCUT2D eigenvalue weighted by molar-refractivity contribution is 0.486. The zero-order valence-electron chi connectivity index (χ0n) is 10.5. The van der Waals surface area contributed by atoms with Crippen LogP contribution in [0.5, 0.6) is 0 Å². The SMILES string of the molecule is Cc1cc(C(C)C2CCNC2)c(C)cc1N. The molecule has 2 rings (SSSR count). The molecule has 1 aliphatic heterocycles. The number of hydrogen-bond acceptors (Lipinski definition) is 2.